The first-order chi connectivity index (χ1) is 9.01. The van der Waals surface area contributed by atoms with E-state index in [-0.39, 0.29) is 10.0 Å². The molecule has 1 aromatic rings. The summed E-state index contributed by atoms with van der Waals surface area (Å²) in [6.45, 7) is 4.65. The number of pyridine rings is 1. The van der Waals surface area contributed by atoms with Crippen molar-refractivity contribution in [3.63, 3.8) is 0 Å². The molecule has 1 aromatic heterocycles. The fourth-order valence-corrected chi connectivity index (χ4v) is 3.39. The van der Waals surface area contributed by atoms with Crippen molar-refractivity contribution >= 4 is 21.6 Å². The molecule has 4 nitrogen and oxygen atoms in total. The molecule has 0 aliphatic heterocycles. The fourth-order valence-electron chi connectivity index (χ4n) is 1.82. The van der Waals surface area contributed by atoms with E-state index in [9.17, 15) is 8.42 Å². The molecule has 1 N–H and O–H groups in total. The molecule has 0 aliphatic rings. The number of hydrogen-bond donors (Lipinski definition) is 1. The molecule has 1 heterocycles. The zero-order valence-electron chi connectivity index (χ0n) is 11.4. The van der Waals surface area contributed by atoms with Crippen molar-refractivity contribution in [3.05, 3.63) is 23.5 Å². The Labute approximate surface area is 120 Å². The van der Waals surface area contributed by atoms with Gasteiger partial charge in [-0.1, -0.05) is 44.7 Å². The van der Waals surface area contributed by atoms with Gasteiger partial charge in [0, 0.05) is 12.7 Å². The van der Waals surface area contributed by atoms with Crippen LogP contribution in [0.3, 0.4) is 0 Å². The molecule has 1 unspecified atom stereocenters. The van der Waals surface area contributed by atoms with Gasteiger partial charge in [0.25, 0.3) is 0 Å². The van der Waals surface area contributed by atoms with Crippen molar-refractivity contribution in [2.24, 2.45) is 5.92 Å². The van der Waals surface area contributed by atoms with Gasteiger partial charge in [-0.2, -0.15) is 0 Å². The molecule has 0 aliphatic carbocycles. The number of nitrogens with zero attached hydrogens (tertiary/aromatic N) is 1. The number of unbranched alkanes of at least 4 members (excludes halogenated alkanes) is 1. The van der Waals surface area contributed by atoms with E-state index in [2.05, 4.69) is 23.6 Å². The fraction of sp³-hybridized carbons (Fsp3) is 0.615. The van der Waals surface area contributed by atoms with Crippen LogP contribution in [-0.2, 0) is 10.0 Å². The highest BCUT2D eigenvalue weighted by atomic mass is 35.5. The number of halogens is 1. The van der Waals surface area contributed by atoms with Gasteiger partial charge in [0.05, 0.1) is 0 Å². The van der Waals surface area contributed by atoms with Crippen LogP contribution < -0.4 is 4.72 Å². The molecule has 0 spiro atoms. The third kappa shape index (κ3) is 5.09. The maximum atomic E-state index is 12.1. The molecule has 1 atom stereocenters. The van der Waals surface area contributed by atoms with E-state index in [1.165, 1.54) is 12.3 Å². The molecule has 0 fully saturated rings. The van der Waals surface area contributed by atoms with E-state index in [4.69, 9.17) is 11.6 Å². The van der Waals surface area contributed by atoms with Gasteiger partial charge in [0.15, 0.2) is 0 Å². The summed E-state index contributed by atoms with van der Waals surface area (Å²) in [4.78, 5) is 3.83. The molecule has 19 heavy (non-hydrogen) atoms. The second-order valence-electron chi connectivity index (χ2n) is 4.56. The Morgan fingerprint density at radius 3 is 2.74 bits per heavy atom. The first-order valence-corrected chi connectivity index (χ1v) is 8.47. The lowest BCUT2D eigenvalue weighted by molar-refractivity contribution is 0.443. The molecule has 0 radical (unpaired) electrons. The van der Waals surface area contributed by atoms with E-state index in [0.29, 0.717) is 12.5 Å². The van der Waals surface area contributed by atoms with E-state index in [1.807, 2.05) is 0 Å². The zero-order chi connectivity index (χ0) is 14.3. The van der Waals surface area contributed by atoms with E-state index >= 15 is 0 Å². The SMILES string of the molecule is CCCCC(CC)CNS(=O)(=O)c1cccnc1Cl. The number of hydrogen-bond acceptors (Lipinski definition) is 3. The molecule has 6 heteroatoms. The summed E-state index contributed by atoms with van der Waals surface area (Å²) >= 11 is 5.81. The summed E-state index contributed by atoms with van der Waals surface area (Å²) in [5.41, 5.74) is 0. The summed E-state index contributed by atoms with van der Waals surface area (Å²) in [7, 11) is -3.57. The Morgan fingerprint density at radius 2 is 2.16 bits per heavy atom. The molecule has 0 amide bonds. The predicted molar refractivity (Wildman–Crippen MR) is 77.7 cm³/mol. The third-order valence-electron chi connectivity index (χ3n) is 3.12. The van der Waals surface area contributed by atoms with Crippen LogP contribution in [0.4, 0.5) is 0 Å². The Balaban J connectivity index is 2.67. The van der Waals surface area contributed by atoms with Crippen molar-refractivity contribution in [3.8, 4) is 0 Å². The molecule has 0 aromatic carbocycles. The van der Waals surface area contributed by atoms with Crippen LogP contribution in [0.15, 0.2) is 23.2 Å². The molecule has 1 rings (SSSR count). The summed E-state index contributed by atoms with van der Waals surface area (Å²) in [6.07, 6.45) is 5.71. The quantitative estimate of drug-likeness (QED) is 0.750. The smallest absolute Gasteiger partial charge is 0.243 e. The van der Waals surface area contributed by atoms with Crippen LogP contribution in [0, 0.1) is 5.92 Å². The van der Waals surface area contributed by atoms with Gasteiger partial charge in [-0.15, -0.1) is 0 Å². The van der Waals surface area contributed by atoms with Gasteiger partial charge in [-0.25, -0.2) is 18.1 Å². The number of sulfonamides is 1. The minimum atomic E-state index is -3.57. The second kappa shape index (κ2) is 7.82. The topological polar surface area (TPSA) is 59.1 Å². The lowest BCUT2D eigenvalue weighted by atomic mass is 10.00. The van der Waals surface area contributed by atoms with Crippen molar-refractivity contribution < 1.29 is 8.42 Å². The van der Waals surface area contributed by atoms with Gasteiger partial charge in [-0.05, 0) is 24.5 Å². The van der Waals surface area contributed by atoms with Gasteiger partial charge in [0.1, 0.15) is 10.0 Å². The van der Waals surface area contributed by atoms with Crippen LogP contribution in [0.5, 0.6) is 0 Å². The average molecular weight is 305 g/mol. The van der Waals surface area contributed by atoms with Crippen molar-refractivity contribution in [1.29, 1.82) is 0 Å². The molecule has 108 valence electrons. The normalized spacial score (nSPS) is 13.4. The van der Waals surface area contributed by atoms with Gasteiger partial charge in [0.2, 0.25) is 10.0 Å². The maximum absolute atomic E-state index is 12.1. The standard InChI is InChI=1S/C13H21ClN2O2S/c1-3-5-7-11(4-2)10-16-19(17,18)12-8-6-9-15-13(12)14/h6,8-9,11,16H,3-5,7,10H2,1-2H3. The summed E-state index contributed by atoms with van der Waals surface area (Å²) in [5.74, 6) is 0.366. The van der Waals surface area contributed by atoms with Crippen LogP contribution in [0.1, 0.15) is 39.5 Å². The van der Waals surface area contributed by atoms with Crippen molar-refractivity contribution in [1.82, 2.24) is 9.71 Å². The molecule has 0 bridgehead atoms. The zero-order valence-corrected chi connectivity index (χ0v) is 13.0. The highest BCUT2D eigenvalue weighted by molar-refractivity contribution is 7.89. The highest BCUT2D eigenvalue weighted by Crippen LogP contribution is 2.18. The lowest BCUT2D eigenvalue weighted by Gasteiger charge is -2.15. The monoisotopic (exact) mass is 304 g/mol. The van der Waals surface area contributed by atoms with E-state index < -0.39 is 10.0 Å². The van der Waals surface area contributed by atoms with Crippen LogP contribution in [0.2, 0.25) is 5.15 Å². The predicted octanol–water partition coefficient (Wildman–Crippen LogP) is 3.23. The highest BCUT2D eigenvalue weighted by Gasteiger charge is 2.19. The molecule has 0 saturated carbocycles. The van der Waals surface area contributed by atoms with Crippen LogP contribution >= 0.6 is 11.6 Å². The lowest BCUT2D eigenvalue weighted by Crippen LogP contribution is -2.29. The Hall–Kier alpha value is -0.650. The van der Waals surface area contributed by atoms with E-state index in [0.717, 1.165) is 25.7 Å². The Bertz CT molecular complexity index is 491. The first-order valence-electron chi connectivity index (χ1n) is 6.61. The largest absolute Gasteiger partial charge is 0.243 e. The Kier molecular flexibility index (Phi) is 6.75. The molecular weight excluding hydrogens is 284 g/mol. The van der Waals surface area contributed by atoms with Crippen molar-refractivity contribution in [2.45, 2.75) is 44.4 Å². The number of nitrogens with one attached hydrogen (secondary N) is 1. The molecular formula is C13H21ClN2O2S. The summed E-state index contributed by atoms with van der Waals surface area (Å²) < 4.78 is 26.8. The minimum Gasteiger partial charge on any atom is -0.243 e. The minimum absolute atomic E-state index is 0.0107. The third-order valence-corrected chi connectivity index (χ3v) is 4.99. The maximum Gasteiger partial charge on any atom is 0.243 e. The van der Waals surface area contributed by atoms with Crippen molar-refractivity contribution in [2.75, 3.05) is 6.54 Å². The summed E-state index contributed by atoms with van der Waals surface area (Å²) in [5, 5.41) is 0.0107. The number of rotatable bonds is 8. The van der Waals surface area contributed by atoms with Crippen LogP contribution in [-0.4, -0.2) is 19.9 Å². The van der Waals surface area contributed by atoms with Gasteiger partial charge >= 0.3 is 0 Å². The van der Waals surface area contributed by atoms with Crippen LogP contribution in [0.25, 0.3) is 0 Å². The second-order valence-corrected chi connectivity index (χ2v) is 6.65. The number of aromatic nitrogens is 1. The first kappa shape index (κ1) is 16.4. The average Bonchev–Trinajstić information content (AvgIpc) is 2.39. The Morgan fingerprint density at radius 1 is 1.42 bits per heavy atom. The molecule has 0 saturated heterocycles. The van der Waals surface area contributed by atoms with Gasteiger partial charge in [-0.3, -0.25) is 0 Å². The summed E-state index contributed by atoms with van der Waals surface area (Å²) in [6, 6.07) is 3.03. The van der Waals surface area contributed by atoms with Gasteiger partial charge < -0.3 is 0 Å². The van der Waals surface area contributed by atoms with E-state index in [1.54, 1.807) is 6.07 Å².